The van der Waals surface area contributed by atoms with Gasteiger partial charge in [0.15, 0.2) is 0 Å². The summed E-state index contributed by atoms with van der Waals surface area (Å²) < 4.78 is 0. The van der Waals surface area contributed by atoms with Crippen LogP contribution in [0.2, 0.25) is 0 Å². The second-order valence-electron chi connectivity index (χ2n) is 5.10. The van der Waals surface area contributed by atoms with Gasteiger partial charge in [-0.1, -0.05) is 25.1 Å². The van der Waals surface area contributed by atoms with E-state index in [2.05, 4.69) is 11.9 Å². The average Bonchev–Trinajstić information content (AvgIpc) is 2.37. The molecule has 1 aromatic carbocycles. The quantitative estimate of drug-likeness (QED) is 0.592. The van der Waals surface area contributed by atoms with Gasteiger partial charge in [-0.3, -0.25) is 15.1 Å². The number of benzene rings is 1. The number of nitro groups is 1. The lowest BCUT2D eigenvalue weighted by Gasteiger charge is -2.29. The molecule has 0 bridgehead atoms. The second-order valence-corrected chi connectivity index (χ2v) is 5.10. The fourth-order valence-electron chi connectivity index (χ4n) is 2.72. The minimum absolute atomic E-state index is 0.0408. The van der Waals surface area contributed by atoms with Gasteiger partial charge < -0.3 is 0 Å². The zero-order chi connectivity index (χ0) is 14.2. The Morgan fingerprint density at radius 2 is 1.84 bits per heavy atom. The molecule has 0 aromatic heterocycles. The summed E-state index contributed by atoms with van der Waals surface area (Å²) >= 11 is 0. The minimum Gasteiger partial charge on any atom is -0.263 e. The summed E-state index contributed by atoms with van der Waals surface area (Å²) in [5.41, 5.74) is 4.10. The molecule has 1 heterocycles. The number of nitrogens with zero attached hydrogens (tertiary/aromatic N) is 2. The zero-order valence-corrected chi connectivity index (χ0v) is 11.7. The highest BCUT2D eigenvalue weighted by atomic mass is 16.6. The van der Waals surface area contributed by atoms with Crippen molar-refractivity contribution in [1.82, 2.24) is 0 Å². The summed E-state index contributed by atoms with van der Waals surface area (Å²) in [6.07, 6.45) is 0. The molecular formula is C15H18N2O2. The van der Waals surface area contributed by atoms with Gasteiger partial charge in [-0.25, -0.2) is 0 Å². The van der Waals surface area contributed by atoms with Crippen molar-refractivity contribution >= 4 is 11.4 Å². The van der Waals surface area contributed by atoms with Crippen LogP contribution in [0, 0.1) is 16.0 Å². The number of para-hydroxylation sites is 1. The highest BCUT2D eigenvalue weighted by Gasteiger charge is 2.32. The van der Waals surface area contributed by atoms with E-state index in [9.17, 15) is 10.1 Å². The normalized spacial score (nSPS) is 23.3. The van der Waals surface area contributed by atoms with Crippen LogP contribution < -0.4 is 0 Å². The monoisotopic (exact) mass is 258 g/mol. The molecule has 2 rings (SSSR count). The fraction of sp³-hybridized carbons (Fsp3) is 0.400. The van der Waals surface area contributed by atoms with Crippen LogP contribution in [0.4, 0.5) is 5.69 Å². The molecule has 19 heavy (non-hydrogen) atoms. The van der Waals surface area contributed by atoms with Crippen molar-refractivity contribution in [3.05, 3.63) is 51.2 Å². The van der Waals surface area contributed by atoms with Crippen LogP contribution in [0.3, 0.4) is 0 Å². The Hall–Kier alpha value is -1.97. The van der Waals surface area contributed by atoms with Crippen molar-refractivity contribution in [2.45, 2.75) is 33.6 Å². The molecule has 1 aliphatic rings. The Morgan fingerprint density at radius 1 is 1.21 bits per heavy atom. The summed E-state index contributed by atoms with van der Waals surface area (Å²) in [6, 6.07) is 7.00. The first-order valence-corrected chi connectivity index (χ1v) is 6.39. The lowest BCUT2D eigenvalue weighted by atomic mass is 9.77. The topological polar surface area (TPSA) is 55.5 Å². The molecule has 100 valence electrons. The highest BCUT2D eigenvalue weighted by molar-refractivity contribution is 5.87. The van der Waals surface area contributed by atoms with E-state index in [4.69, 9.17) is 0 Å². The van der Waals surface area contributed by atoms with Crippen molar-refractivity contribution in [1.29, 1.82) is 0 Å². The first-order chi connectivity index (χ1) is 8.93. The lowest BCUT2D eigenvalue weighted by molar-refractivity contribution is -0.385. The third-order valence-electron chi connectivity index (χ3n) is 4.01. The van der Waals surface area contributed by atoms with E-state index < -0.39 is 0 Å². The Bertz CT molecular complexity index is 588. The summed E-state index contributed by atoms with van der Waals surface area (Å²) in [7, 11) is 0. The van der Waals surface area contributed by atoms with E-state index in [-0.39, 0.29) is 22.4 Å². The number of hydrogen-bond acceptors (Lipinski definition) is 3. The van der Waals surface area contributed by atoms with E-state index in [0.717, 1.165) is 22.5 Å². The number of hydrogen-bond donors (Lipinski definition) is 0. The first-order valence-electron chi connectivity index (χ1n) is 6.39. The van der Waals surface area contributed by atoms with Crippen LogP contribution >= 0.6 is 0 Å². The molecule has 0 spiro atoms. The lowest BCUT2D eigenvalue weighted by Crippen LogP contribution is -2.23. The molecule has 0 radical (unpaired) electrons. The number of rotatable bonds is 2. The molecule has 4 nitrogen and oxygen atoms in total. The van der Waals surface area contributed by atoms with Crippen LogP contribution in [0.15, 0.2) is 40.5 Å². The van der Waals surface area contributed by atoms with Crippen LogP contribution in [0.5, 0.6) is 0 Å². The fourth-order valence-corrected chi connectivity index (χ4v) is 2.72. The number of nitro benzene ring substituents is 1. The van der Waals surface area contributed by atoms with E-state index in [0.29, 0.717) is 0 Å². The van der Waals surface area contributed by atoms with Crippen molar-refractivity contribution in [2.75, 3.05) is 0 Å². The molecule has 2 unspecified atom stereocenters. The van der Waals surface area contributed by atoms with Gasteiger partial charge in [-0.05, 0) is 26.3 Å². The van der Waals surface area contributed by atoms with Gasteiger partial charge in [0, 0.05) is 34.9 Å². The molecule has 0 saturated carbocycles. The molecule has 0 amide bonds. The molecule has 4 heteroatoms. The van der Waals surface area contributed by atoms with Crippen LogP contribution in [-0.4, -0.2) is 10.6 Å². The van der Waals surface area contributed by atoms with Crippen molar-refractivity contribution < 1.29 is 4.92 Å². The summed E-state index contributed by atoms with van der Waals surface area (Å²) in [6.45, 7) is 8.05. The Kier molecular flexibility index (Phi) is 3.51. The van der Waals surface area contributed by atoms with Crippen LogP contribution in [0.25, 0.3) is 0 Å². The van der Waals surface area contributed by atoms with Crippen LogP contribution in [0.1, 0.15) is 39.2 Å². The Balaban J connectivity index is 2.59. The van der Waals surface area contributed by atoms with E-state index in [1.165, 1.54) is 0 Å². The number of aliphatic imine (C=N–C) groups is 1. The maximum atomic E-state index is 11.2. The van der Waals surface area contributed by atoms with Gasteiger partial charge in [0.2, 0.25) is 0 Å². The third kappa shape index (κ3) is 2.30. The van der Waals surface area contributed by atoms with Gasteiger partial charge in [0.25, 0.3) is 5.69 Å². The van der Waals surface area contributed by atoms with Crippen LogP contribution in [-0.2, 0) is 0 Å². The van der Waals surface area contributed by atoms with E-state index in [1.54, 1.807) is 12.1 Å². The molecule has 2 atom stereocenters. The Labute approximate surface area is 113 Å². The minimum atomic E-state index is -0.300. The first kappa shape index (κ1) is 13.5. The summed E-state index contributed by atoms with van der Waals surface area (Å²) in [5, 5.41) is 11.2. The van der Waals surface area contributed by atoms with Gasteiger partial charge >= 0.3 is 0 Å². The van der Waals surface area contributed by atoms with Crippen molar-refractivity contribution in [3.8, 4) is 0 Å². The van der Waals surface area contributed by atoms with Crippen molar-refractivity contribution in [3.63, 3.8) is 0 Å². The molecule has 0 fully saturated rings. The maximum absolute atomic E-state index is 11.2. The Morgan fingerprint density at radius 3 is 2.47 bits per heavy atom. The zero-order valence-electron chi connectivity index (χ0n) is 11.7. The molecule has 0 aliphatic carbocycles. The maximum Gasteiger partial charge on any atom is 0.273 e. The predicted molar refractivity (Wildman–Crippen MR) is 76.5 cm³/mol. The van der Waals surface area contributed by atoms with Gasteiger partial charge in [-0.15, -0.1) is 0 Å². The highest BCUT2D eigenvalue weighted by Crippen LogP contribution is 2.41. The molecule has 1 aromatic rings. The van der Waals surface area contributed by atoms with Gasteiger partial charge in [0.05, 0.1) is 4.92 Å². The summed E-state index contributed by atoms with van der Waals surface area (Å²) in [4.78, 5) is 15.4. The largest absolute Gasteiger partial charge is 0.273 e. The predicted octanol–water partition coefficient (Wildman–Crippen LogP) is 4.08. The second kappa shape index (κ2) is 4.96. The number of allylic oxidation sites excluding steroid dienone is 2. The average molecular weight is 258 g/mol. The van der Waals surface area contributed by atoms with Gasteiger partial charge in [-0.2, -0.15) is 0 Å². The summed E-state index contributed by atoms with van der Waals surface area (Å²) in [5.74, 6) is 0.226. The smallest absolute Gasteiger partial charge is 0.263 e. The van der Waals surface area contributed by atoms with Gasteiger partial charge in [0.1, 0.15) is 0 Å². The molecular weight excluding hydrogens is 240 g/mol. The third-order valence-corrected chi connectivity index (χ3v) is 4.01. The molecule has 0 N–H and O–H groups in total. The van der Waals surface area contributed by atoms with Crippen molar-refractivity contribution in [2.24, 2.45) is 10.9 Å². The standard InChI is InChI=1S/C15H18N2O2/c1-9-11(3)16-12(4)10(2)15(9)13-7-5-6-8-14(13)17(18)19/h5-9,15H,1-4H3. The van der Waals surface area contributed by atoms with E-state index in [1.807, 2.05) is 32.9 Å². The SMILES string of the molecule is CC1=NC(C)=C(C)C(c2ccccc2[N+](=O)[O-])C1C. The molecule has 0 saturated heterocycles. The van der Waals surface area contributed by atoms with E-state index >= 15 is 0 Å². The molecule has 1 aliphatic heterocycles.